The molecule has 0 aliphatic carbocycles. The lowest BCUT2D eigenvalue weighted by Crippen LogP contribution is -2.36. The van der Waals surface area contributed by atoms with Crippen LogP contribution in [0.2, 0.25) is 0 Å². The first kappa shape index (κ1) is 17.5. The summed E-state index contributed by atoms with van der Waals surface area (Å²) in [6.45, 7) is 7.64. The number of amides is 1. The molecule has 0 aliphatic rings. The van der Waals surface area contributed by atoms with Gasteiger partial charge in [0.2, 0.25) is 10.0 Å². The third-order valence-electron chi connectivity index (χ3n) is 3.63. The second kappa shape index (κ2) is 6.93. The molecule has 0 aromatic heterocycles. The minimum atomic E-state index is -3.28. The van der Waals surface area contributed by atoms with Crippen LogP contribution in [0.1, 0.15) is 38.1 Å². The van der Waals surface area contributed by atoms with Crippen molar-refractivity contribution >= 4 is 21.6 Å². The zero-order chi connectivity index (χ0) is 16.2. The maximum absolute atomic E-state index is 12.1. The summed E-state index contributed by atoms with van der Waals surface area (Å²) in [5, 5.41) is 2.91. The fourth-order valence-electron chi connectivity index (χ4n) is 1.63. The van der Waals surface area contributed by atoms with Gasteiger partial charge in [-0.1, -0.05) is 13.8 Å². The molecule has 118 valence electrons. The second-order valence-corrected chi connectivity index (χ2v) is 7.71. The largest absolute Gasteiger partial charge is 0.349 e. The van der Waals surface area contributed by atoms with E-state index in [1.54, 1.807) is 31.2 Å². The lowest BCUT2D eigenvalue weighted by atomic mass is 10.1. The van der Waals surface area contributed by atoms with Gasteiger partial charge in [0.25, 0.3) is 5.91 Å². The predicted molar refractivity (Wildman–Crippen MR) is 86.1 cm³/mol. The first-order valence-corrected chi connectivity index (χ1v) is 8.67. The molecule has 0 saturated heterocycles. The molecule has 5 nitrogen and oxygen atoms in total. The molecule has 0 saturated carbocycles. The Hall–Kier alpha value is -1.56. The number of anilines is 1. The minimum absolute atomic E-state index is 0.0393. The van der Waals surface area contributed by atoms with Gasteiger partial charge < -0.3 is 5.32 Å². The number of nitrogens with zero attached hydrogens (tertiary/aromatic N) is 1. The van der Waals surface area contributed by atoms with Crippen molar-refractivity contribution in [3.63, 3.8) is 0 Å². The van der Waals surface area contributed by atoms with Gasteiger partial charge in [0.15, 0.2) is 0 Å². The summed E-state index contributed by atoms with van der Waals surface area (Å²) in [4.78, 5) is 12.1. The number of rotatable bonds is 6. The van der Waals surface area contributed by atoms with E-state index in [4.69, 9.17) is 0 Å². The molecule has 0 bridgehead atoms. The summed E-state index contributed by atoms with van der Waals surface area (Å²) in [6.07, 6.45) is 0. The molecule has 6 heteroatoms. The third-order valence-corrected chi connectivity index (χ3v) is 5.41. The van der Waals surface area contributed by atoms with Gasteiger partial charge in [0.05, 0.1) is 11.4 Å². The summed E-state index contributed by atoms with van der Waals surface area (Å²) in [5.41, 5.74) is 1.07. The maximum Gasteiger partial charge on any atom is 0.251 e. The number of benzene rings is 1. The second-order valence-electron chi connectivity index (χ2n) is 5.42. The molecule has 1 rings (SSSR count). The quantitative estimate of drug-likeness (QED) is 0.876. The van der Waals surface area contributed by atoms with Crippen LogP contribution in [-0.4, -0.2) is 33.2 Å². The van der Waals surface area contributed by atoms with Crippen molar-refractivity contribution in [1.82, 2.24) is 5.32 Å². The van der Waals surface area contributed by atoms with E-state index in [1.165, 1.54) is 11.4 Å². The lowest BCUT2D eigenvalue weighted by molar-refractivity contribution is 0.0930. The molecule has 0 aliphatic heterocycles. The number of nitrogens with one attached hydrogen (secondary N) is 1. The molecule has 0 radical (unpaired) electrons. The van der Waals surface area contributed by atoms with Crippen LogP contribution in [0.4, 0.5) is 5.69 Å². The highest BCUT2D eigenvalue weighted by molar-refractivity contribution is 7.92. The molecule has 1 atom stereocenters. The Morgan fingerprint density at radius 3 is 2.14 bits per heavy atom. The van der Waals surface area contributed by atoms with Gasteiger partial charge in [0, 0.05) is 18.7 Å². The standard InChI is InChI=1S/C15H24N2O3S/c1-6-21(19,20)17(5)14-9-7-13(8-10-14)15(18)16-12(4)11(2)3/h7-12H,6H2,1-5H3,(H,16,18). The van der Waals surface area contributed by atoms with Crippen molar-refractivity contribution < 1.29 is 13.2 Å². The van der Waals surface area contributed by atoms with Crippen LogP contribution in [-0.2, 0) is 10.0 Å². The van der Waals surface area contributed by atoms with Crippen molar-refractivity contribution in [2.45, 2.75) is 33.7 Å². The van der Waals surface area contributed by atoms with Crippen molar-refractivity contribution in [3.8, 4) is 0 Å². The van der Waals surface area contributed by atoms with Crippen molar-refractivity contribution in [2.75, 3.05) is 17.1 Å². The van der Waals surface area contributed by atoms with Gasteiger partial charge in [0.1, 0.15) is 0 Å². The van der Waals surface area contributed by atoms with Crippen LogP contribution in [0.5, 0.6) is 0 Å². The first-order valence-electron chi connectivity index (χ1n) is 7.06. The Morgan fingerprint density at radius 2 is 1.71 bits per heavy atom. The lowest BCUT2D eigenvalue weighted by Gasteiger charge is -2.19. The monoisotopic (exact) mass is 312 g/mol. The van der Waals surface area contributed by atoms with Gasteiger partial charge in [-0.15, -0.1) is 0 Å². The summed E-state index contributed by atoms with van der Waals surface area (Å²) in [7, 11) is -1.77. The van der Waals surface area contributed by atoms with Crippen LogP contribution in [0.3, 0.4) is 0 Å². The normalized spacial score (nSPS) is 13.0. The maximum atomic E-state index is 12.1. The Bertz CT molecular complexity index is 579. The van der Waals surface area contributed by atoms with Gasteiger partial charge in [-0.2, -0.15) is 0 Å². The Morgan fingerprint density at radius 1 is 1.19 bits per heavy atom. The Balaban J connectivity index is 2.86. The SMILES string of the molecule is CCS(=O)(=O)N(C)c1ccc(C(=O)NC(C)C(C)C)cc1. The van der Waals surface area contributed by atoms with Crippen LogP contribution >= 0.6 is 0 Å². The van der Waals surface area contributed by atoms with Crippen LogP contribution < -0.4 is 9.62 Å². The van der Waals surface area contributed by atoms with Crippen molar-refractivity contribution in [2.24, 2.45) is 5.92 Å². The van der Waals surface area contributed by atoms with E-state index >= 15 is 0 Å². The third kappa shape index (κ3) is 4.46. The number of carbonyl (C=O) groups is 1. The number of hydrogen-bond donors (Lipinski definition) is 1. The molecule has 1 amide bonds. The zero-order valence-electron chi connectivity index (χ0n) is 13.3. The number of sulfonamides is 1. The zero-order valence-corrected chi connectivity index (χ0v) is 14.1. The summed E-state index contributed by atoms with van der Waals surface area (Å²) in [5.74, 6) is 0.246. The van der Waals surface area contributed by atoms with Crippen LogP contribution in [0, 0.1) is 5.92 Å². The molecule has 1 aromatic carbocycles. The highest BCUT2D eigenvalue weighted by atomic mass is 32.2. The van der Waals surface area contributed by atoms with E-state index in [0.717, 1.165) is 0 Å². The van der Waals surface area contributed by atoms with E-state index in [0.29, 0.717) is 17.2 Å². The first-order chi connectivity index (χ1) is 9.69. The molecule has 21 heavy (non-hydrogen) atoms. The predicted octanol–water partition coefficient (Wildman–Crippen LogP) is 2.25. The van der Waals surface area contributed by atoms with Gasteiger partial charge in [-0.3, -0.25) is 9.10 Å². The van der Waals surface area contributed by atoms with E-state index in [9.17, 15) is 13.2 Å². The average Bonchev–Trinajstić information content (AvgIpc) is 2.46. The molecular weight excluding hydrogens is 288 g/mol. The molecule has 0 heterocycles. The Labute approximate surface area is 127 Å². The van der Waals surface area contributed by atoms with E-state index in [1.807, 2.05) is 20.8 Å². The van der Waals surface area contributed by atoms with Crippen molar-refractivity contribution in [1.29, 1.82) is 0 Å². The smallest absolute Gasteiger partial charge is 0.251 e. The Kier molecular flexibility index (Phi) is 5.78. The summed E-state index contributed by atoms with van der Waals surface area (Å²) >= 11 is 0. The fourth-order valence-corrected chi connectivity index (χ4v) is 2.46. The average molecular weight is 312 g/mol. The fraction of sp³-hybridized carbons (Fsp3) is 0.533. The molecule has 1 N–H and O–H groups in total. The van der Waals surface area contributed by atoms with Crippen LogP contribution in [0.15, 0.2) is 24.3 Å². The highest BCUT2D eigenvalue weighted by Crippen LogP contribution is 2.17. The topological polar surface area (TPSA) is 66.5 Å². The van der Waals surface area contributed by atoms with E-state index in [-0.39, 0.29) is 17.7 Å². The minimum Gasteiger partial charge on any atom is -0.349 e. The summed E-state index contributed by atoms with van der Waals surface area (Å²) < 4.78 is 24.8. The molecule has 1 aromatic rings. The van der Waals surface area contributed by atoms with Gasteiger partial charge >= 0.3 is 0 Å². The van der Waals surface area contributed by atoms with E-state index < -0.39 is 10.0 Å². The highest BCUT2D eigenvalue weighted by Gasteiger charge is 2.17. The van der Waals surface area contributed by atoms with Gasteiger partial charge in [-0.25, -0.2) is 8.42 Å². The molecule has 0 fully saturated rings. The molecular formula is C15H24N2O3S. The van der Waals surface area contributed by atoms with Crippen LogP contribution in [0.25, 0.3) is 0 Å². The summed E-state index contributed by atoms with van der Waals surface area (Å²) in [6, 6.07) is 6.64. The molecule has 0 spiro atoms. The number of carbonyl (C=O) groups excluding carboxylic acids is 1. The van der Waals surface area contributed by atoms with Crippen molar-refractivity contribution in [3.05, 3.63) is 29.8 Å². The van der Waals surface area contributed by atoms with Gasteiger partial charge in [-0.05, 0) is 44.0 Å². The number of hydrogen-bond acceptors (Lipinski definition) is 3. The van der Waals surface area contributed by atoms with E-state index in [2.05, 4.69) is 5.32 Å². The molecule has 1 unspecified atom stereocenters.